The Morgan fingerprint density at radius 3 is 2.32 bits per heavy atom. The van der Waals surface area contributed by atoms with Crippen LogP contribution in [0.5, 0.6) is 0 Å². The maximum atomic E-state index is 13.1. The van der Waals surface area contributed by atoms with Crippen molar-refractivity contribution in [2.75, 3.05) is 20.3 Å². The predicted octanol–water partition coefficient (Wildman–Crippen LogP) is 0.297. The van der Waals surface area contributed by atoms with Gasteiger partial charge in [-0.3, -0.25) is 29.4 Å². The van der Waals surface area contributed by atoms with Gasteiger partial charge in [-0.2, -0.15) is 0 Å². The number of benzene rings is 1. The molecule has 0 unspecified atom stereocenters. The molecule has 0 radical (unpaired) electrons. The molecule has 0 aliphatic carbocycles. The molecule has 1 aromatic rings. The summed E-state index contributed by atoms with van der Waals surface area (Å²) in [4.78, 5) is 52.3. The average molecular weight is 388 g/mol. The minimum absolute atomic E-state index is 0.108. The first-order valence-electron chi connectivity index (χ1n) is 9.34. The third-order valence-corrected chi connectivity index (χ3v) is 5.38. The fraction of sp³-hybridized carbons (Fsp3) is 0.500. The summed E-state index contributed by atoms with van der Waals surface area (Å²) < 4.78 is 10.4. The number of nitrogens with one attached hydrogen (secondary N) is 1. The van der Waals surface area contributed by atoms with Crippen LogP contribution >= 0.6 is 0 Å². The summed E-state index contributed by atoms with van der Waals surface area (Å²) in [5.41, 5.74) is -0.752. The van der Waals surface area contributed by atoms with Crippen molar-refractivity contribution >= 4 is 23.8 Å². The van der Waals surface area contributed by atoms with E-state index in [9.17, 15) is 19.2 Å². The van der Waals surface area contributed by atoms with Crippen molar-refractivity contribution in [1.29, 1.82) is 0 Å². The van der Waals surface area contributed by atoms with E-state index in [4.69, 9.17) is 9.47 Å². The van der Waals surface area contributed by atoms with Gasteiger partial charge in [-0.1, -0.05) is 30.3 Å². The second kappa shape index (κ2) is 7.71. The third-order valence-electron chi connectivity index (χ3n) is 5.38. The average Bonchev–Trinajstić information content (AvgIpc) is 3.13. The number of esters is 2. The van der Waals surface area contributed by atoms with Crippen molar-refractivity contribution in [3.63, 3.8) is 0 Å². The van der Waals surface area contributed by atoms with E-state index in [1.807, 2.05) is 30.3 Å². The molecule has 2 saturated heterocycles. The Kier molecular flexibility index (Phi) is 5.51. The van der Waals surface area contributed by atoms with E-state index in [-0.39, 0.29) is 19.6 Å². The predicted molar refractivity (Wildman–Crippen MR) is 97.8 cm³/mol. The van der Waals surface area contributed by atoms with E-state index in [0.29, 0.717) is 0 Å². The van der Waals surface area contributed by atoms with Crippen LogP contribution in [0, 0.1) is 11.8 Å². The Bertz CT molecular complexity index is 795. The molecule has 8 heteroatoms. The van der Waals surface area contributed by atoms with E-state index < -0.39 is 47.2 Å². The highest BCUT2D eigenvalue weighted by molar-refractivity contribution is 6.11. The number of hydrogen-bond donors (Lipinski definition) is 1. The first kappa shape index (κ1) is 20.0. The smallest absolute Gasteiger partial charge is 0.327 e. The van der Waals surface area contributed by atoms with E-state index in [1.165, 1.54) is 7.05 Å². The van der Waals surface area contributed by atoms with Crippen LogP contribution in [0.15, 0.2) is 30.3 Å². The van der Waals surface area contributed by atoms with Gasteiger partial charge in [0.25, 0.3) is 0 Å². The molecule has 8 nitrogen and oxygen atoms in total. The molecular formula is C20H24N2O6. The van der Waals surface area contributed by atoms with E-state index in [0.717, 1.165) is 10.5 Å². The molecule has 150 valence electrons. The molecule has 0 bridgehead atoms. The fourth-order valence-electron chi connectivity index (χ4n) is 4.18. The first-order valence-corrected chi connectivity index (χ1v) is 9.34. The van der Waals surface area contributed by atoms with Crippen LogP contribution in [0.4, 0.5) is 0 Å². The summed E-state index contributed by atoms with van der Waals surface area (Å²) in [5.74, 6) is -4.37. The van der Waals surface area contributed by atoms with Gasteiger partial charge in [0.2, 0.25) is 11.8 Å². The zero-order valence-corrected chi connectivity index (χ0v) is 16.1. The Labute approximate surface area is 163 Å². The van der Waals surface area contributed by atoms with Crippen LogP contribution in [0.1, 0.15) is 19.4 Å². The van der Waals surface area contributed by atoms with Crippen LogP contribution in [0.3, 0.4) is 0 Å². The van der Waals surface area contributed by atoms with Crippen molar-refractivity contribution in [2.45, 2.75) is 31.8 Å². The summed E-state index contributed by atoms with van der Waals surface area (Å²) in [6.07, 6.45) is 0.108. The van der Waals surface area contributed by atoms with Gasteiger partial charge in [-0.15, -0.1) is 0 Å². The van der Waals surface area contributed by atoms with Crippen LogP contribution in [0.25, 0.3) is 0 Å². The summed E-state index contributed by atoms with van der Waals surface area (Å²) >= 11 is 0. The highest BCUT2D eigenvalue weighted by Gasteiger charge is 2.69. The summed E-state index contributed by atoms with van der Waals surface area (Å²) in [6, 6.07) is 8.01. The minimum atomic E-state index is -1.53. The molecule has 28 heavy (non-hydrogen) atoms. The SMILES string of the molecule is CCOC(=O)[C@@H]1N[C@](Cc2ccccc2)(C(=O)OCC)[C@@H]2C(=O)N(C)C(=O)[C@@H]21. The van der Waals surface area contributed by atoms with E-state index in [1.54, 1.807) is 13.8 Å². The maximum absolute atomic E-state index is 13.1. The lowest BCUT2D eigenvalue weighted by Gasteiger charge is -2.32. The maximum Gasteiger partial charge on any atom is 0.327 e. The monoisotopic (exact) mass is 388 g/mol. The normalized spacial score (nSPS) is 29.0. The molecular weight excluding hydrogens is 364 g/mol. The highest BCUT2D eigenvalue weighted by Crippen LogP contribution is 2.45. The molecule has 0 saturated carbocycles. The Hall–Kier alpha value is -2.74. The zero-order chi connectivity index (χ0) is 20.5. The number of nitrogens with zero attached hydrogens (tertiary/aromatic N) is 1. The summed E-state index contributed by atoms with van der Waals surface area (Å²) in [7, 11) is 1.36. The van der Waals surface area contributed by atoms with Gasteiger partial charge in [0, 0.05) is 13.5 Å². The number of fused-ring (bicyclic) bond motifs is 1. The molecule has 2 amide bonds. The lowest BCUT2D eigenvalue weighted by molar-refractivity contribution is -0.156. The summed E-state index contributed by atoms with van der Waals surface area (Å²) in [5, 5.41) is 2.99. The molecule has 2 aliphatic heterocycles. The summed E-state index contributed by atoms with van der Waals surface area (Å²) in [6.45, 7) is 3.55. The van der Waals surface area contributed by atoms with Gasteiger partial charge >= 0.3 is 11.9 Å². The first-order chi connectivity index (χ1) is 13.4. The topological polar surface area (TPSA) is 102 Å². The second-order valence-corrected chi connectivity index (χ2v) is 6.97. The van der Waals surface area contributed by atoms with Crippen LogP contribution < -0.4 is 5.32 Å². The fourth-order valence-corrected chi connectivity index (χ4v) is 4.18. The lowest BCUT2D eigenvalue weighted by atomic mass is 9.76. The lowest BCUT2D eigenvalue weighted by Crippen LogP contribution is -2.59. The number of imide groups is 1. The van der Waals surface area contributed by atoms with Crippen LogP contribution in [-0.4, -0.2) is 60.5 Å². The highest BCUT2D eigenvalue weighted by atomic mass is 16.5. The zero-order valence-electron chi connectivity index (χ0n) is 16.1. The molecule has 0 spiro atoms. The molecule has 3 rings (SSSR count). The van der Waals surface area contributed by atoms with Crippen molar-refractivity contribution in [1.82, 2.24) is 10.2 Å². The molecule has 2 heterocycles. The molecule has 0 aromatic heterocycles. The largest absolute Gasteiger partial charge is 0.465 e. The standard InChI is InChI=1S/C20H24N2O6/c1-4-27-18(25)15-13-14(17(24)22(3)16(13)23)20(21-15,19(26)28-5-2)11-12-9-7-6-8-10-12/h6-10,13-15,21H,4-5,11H2,1-3H3/t13-,14-,15+,20-/m0/s1. The third kappa shape index (κ3) is 3.07. The van der Waals surface area contributed by atoms with Crippen molar-refractivity contribution in [3.8, 4) is 0 Å². The number of hydrogen-bond acceptors (Lipinski definition) is 7. The Morgan fingerprint density at radius 2 is 1.71 bits per heavy atom. The molecule has 1 N–H and O–H groups in total. The van der Waals surface area contributed by atoms with Crippen LogP contribution in [-0.2, 0) is 35.1 Å². The van der Waals surface area contributed by atoms with E-state index >= 15 is 0 Å². The van der Waals surface area contributed by atoms with E-state index in [2.05, 4.69) is 5.32 Å². The quantitative estimate of drug-likeness (QED) is 0.552. The number of carbonyl (C=O) groups is 4. The van der Waals surface area contributed by atoms with Gasteiger partial charge in [-0.25, -0.2) is 0 Å². The number of carbonyl (C=O) groups excluding carboxylic acids is 4. The van der Waals surface area contributed by atoms with Crippen molar-refractivity contribution < 1.29 is 28.7 Å². The van der Waals surface area contributed by atoms with Gasteiger partial charge < -0.3 is 9.47 Å². The molecule has 2 aliphatic rings. The van der Waals surface area contributed by atoms with Gasteiger partial charge in [0.05, 0.1) is 25.0 Å². The number of rotatable bonds is 6. The minimum Gasteiger partial charge on any atom is -0.465 e. The molecule has 4 atom stereocenters. The number of likely N-dealkylation sites (tertiary alicyclic amines) is 1. The van der Waals surface area contributed by atoms with Crippen LogP contribution in [0.2, 0.25) is 0 Å². The van der Waals surface area contributed by atoms with Gasteiger partial charge in [-0.05, 0) is 19.4 Å². The molecule has 1 aromatic carbocycles. The Morgan fingerprint density at radius 1 is 1.07 bits per heavy atom. The van der Waals surface area contributed by atoms with Crippen molar-refractivity contribution in [2.24, 2.45) is 11.8 Å². The second-order valence-electron chi connectivity index (χ2n) is 6.97. The number of amides is 2. The van der Waals surface area contributed by atoms with Gasteiger partial charge in [0.1, 0.15) is 11.6 Å². The number of ether oxygens (including phenoxy) is 2. The Balaban J connectivity index is 2.11. The van der Waals surface area contributed by atoms with Crippen molar-refractivity contribution in [3.05, 3.63) is 35.9 Å². The molecule has 2 fully saturated rings. The van der Waals surface area contributed by atoms with Gasteiger partial charge in [0.15, 0.2) is 0 Å².